The third kappa shape index (κ3) is 3.77. The summed E-state index contributed by atoms with van der Waals surface area (Å²) < 4.78 is 10.9. The Morgan fingerprint density at radius 2 is 2.00 bits per heavy atom. The van der Waals surface area contributed by atoms with Crippen LogP contribution in [0.25, 0.3) is 11.5 Å². The average Bonchev–Trinajstić information content (AvgIpc) is 3.17. The van der Waals surface area contributed by atoms with Gasteiger partial charge in [0.1, 0.15) is 5.75 Å². The molecule has 0 atom stereocenters. The number of anilines is 1. The second-order valence-corrected chi connectivity index (χ2v) is 5.66. The van der Waals surface area contributed by atoms with E-state index in [4.69, 9.17) is 14.1 Å². The van der Waals surface area contributed by atoms with E-state index in [1.165, 1.54) is 0 Å². The fraction of sp³-hybridized carbons (Fsp3) is 0.278. The van der Waals surface area contributed by atoms with Gasteiger partial charge in [0.05, 0.1) is 12.2 Å². The highest BCUT2D eigenvalue weighted by atomic mass is 16.7. The van der Waals surface area contributed by atoms with Crippen molar-refractivity contribution in [3.05, 3.63) is 54.5 Å². The van der Waals surface area contributed by atoms with Crippen molar-refractivity contribution in [2.24, 2.45) is 0 Å². The van der Waals surface area contributed by atoms with Crippen LogP contribution >= 0.6 is 0 Å². The molecule has 3 aromatic rings. The molecule has 0 saturated carbocycles. The molecule has 4 rings (SSSR count). The fourth-order valence-corrected chi connectivity index (χ4v) is 2.53. The molecule has 7 heteroatoms. The molecule has 7 nitrogen and oxygen atoms in total. The van der Waals surface area contributed by atoms with E-state index in [1.807, 2.05) is 47.5 Å². The maximum atomic E-state index is 5.62. The van der Waals surface area contributed by atoms with Crippen LogP contribution in [0.3, 0.4) is 0 Å². The van der Waals surface area contributed by atoms with Gasteiger partial charge in [-0.1, -0.05) is 23.4 Å². The number of hydrogen-bond acceptors (Lipinski definition) is 7. The van der Waals surface area contributed by atoms with Gasteiger partial charge in [0.15, 0.2) is 12.4 Å². The zero-order chi connectivity index (χ0) is 16.9. The van der Waals surface area contributed by atoms with Gasteiger partial charge in [-0.2, -0.15) is 4.98 Å². The number of pyridine rings is 1. The van der Waals surface area contributed by atoms with E-state index < -0.39 is 0 Å². The highest BCUT2D eigenvalue weighted by Gasteiger charge is 2.15. The molecule has 0 bridgehead atoms. The van der Waals surface area contributed by atoms with Crippen LogP contribution in [0.5, 0.6) is 5.75 Å². The number of nitrogens with zero attached hydrogens (tertiary/aromatic N) is 4. The molecule has 3 heterocycles. The molecular weight excluding hydrogens is 320 g/mol. The molecule has 128 valence electrons. The number of hydrogen-bond donors (Lipinski definition) is 0. The zero-order valence-electron chi connectivity index (χ0n) is 13.7. The summed E-state index contributed by atoms with van der Waals surface area (Å²) in [6, 6.07) is 13.3. The standard InChI is InChI=1S/C18H18N4O3/c1-2-6-15(7-3-1)23-13-16-20-18(25-21-16)14-8-9-17(19-12-14)22-10-4-5-11-24-22/h1-3,6-9,12H,4-5,10-11,13H2. The van der Waals surface area contributed by atoms with E-state index >= 15 is 0 Å². The molecule has 0 unspecified atom stereocenters. The van der Waals surface area contributed by atoms with Crippen LogP contribution in [0.15, 0.2) is 53.2 Å². The molecular formula is C18H18N4O3. The van der Waals surface area contributed by atoms with Crippen LogP contribution < -0.4 is 9.80 Å². The van der Waals surface area contributed by atoms with Crippen LogP contribution in [-0.2, 0) is 11.4 Å². The van der Waals surface area contributed by atoms with Gasteiger partial charge in [-0.05, 0) is 37.1 Å². The maximum absolute atomic E-state index is 5.62. The third-order valence-corrected chi connectivity index (χ3v) is 3.83. The normalized spacial score (nSPS) is 14.5. The SMILES string of the molecule is c1ccc(OCc2noc(-c3ccc(N4CCCCO4)nc3)n2)cc1. The molecule has 1 aromatic carbocycles. The Morgan fingerprint density at radius 1 is 1.08 bits per heavy atom. The zero-order valence-corrected chi connectivity index (χ0v) is 13.7. The number of rotatable bonds is 5. The minimum atomic E-state index is 0.251. The third-order valence-electron chi connectivity index (χ3n) is 3.83. The fourth-order valence-electron chi connectivity index (χ4n) is 2.53. The second-order valence-electron chi connectivity index (χ2n) is 5.66. The molecule has 2 aromatic heterocycles. The molecule has 1 aliphatic rings. The first-order chi connectivity index (χ1) is 12.4. The Balaban J connectivity index is 1.41. The lowest BCUT2D eigenvalue weighted by molar-refractivity contribution is 0.0761. The molecule has 0 radical (unpaired) electrons. The van der Waals surface area contributed by atoms with Crippen LogP contribution in [0, 0.1) is 0 Å². The van der Waals surface area contributed by atoms with Crippen molar-refractivity contribution in [3.63, 3.8) is 0 Å². The van der Waals surface area contributed by atoms with Crippen molar-refractivity contribution in [3.8, 4) is 17.2 Å². The summed E-state index contributed by atoms with van der Waals surface area (Å²) >= 11 is 0. The molecule has 0 amide bonds. The van der Waals surface area contributed by atoms with E-state index in [0.29, 0.717) is 11.7 Å². The molecule has 25 heavy (non-hydrogen) atoms. The Labute approximate surface area is 145 Å². The van der Waals surface area contributed by atoms with Crippen molar-refractivity contribution in [2.75, 3.05) is 18.2 Å². The summed E-state index contributed by atoms with van der Waals surface area (Å²) in [6.07, 6.45) is 3.91. The molecule has 0 aliphatic carbocycles. The van der Waals surface area contributed by atoms with Crippen molar-refractivity contribution >= 4 is 5.82 Å². The van der Waals surface area contributed by atoms with Crippen LogP contribution in [0.1, 0.15) is 18.7 Å². The molecule has 1 fully saturated rings. The number of ether oxygens (including phenoxy) is 1. The van der Waals surface area contributed by atoms with Crippen molar-refractivity contribution in [2.45, 2.75) is 19.4 Å². The summed E-state index contributed by atoms with van der Waals surface area (Å²) in [5.74, 6) is 2.46. The average molecular weight is 338 g/mol. The highest BCUT2D eigenvalue weighted by molar-refractivity contribution is 5.54. The van der Waals surface area contributed by atoms with E-state index in [2.05, 4.69) is 15.1 Å². The summed E-state index contributed by atoms with van der Waals surface area (Å²) in [5.41, 5.74) is 0.763. The van der Waals surface area contributed by atoms with Crippen molar-refractivity contribution in [1.82, 2.24) is 15.1 Å². The van der Waals surface area contributed by atoms with E-state index in [9.17, 15) is 0 Å². The number of benzene rings is 1. The monoisotopic (exact) mass is 338 g/mol. The van der Waals surface area contributed by atoms with E-state index in [0.717, 1.165) is 43.1 Å². The Morgan fingerprint density at radius 3 is 2.76 bits per heavy atom. The van der Waals surface area contributed by atoms with Gasteiger partial charge in [0.25, 0.3) is 5.89 Å². The lowest BCUT2D eigenvalue weighted by Gasteiger charge is -2.26. The predicted molar refractivity (Wildman–Crippen MR) is 90.8 cm³/mol. The number of aromatic nitrogens is 3. The van der Waals surface area contributed by atoms with Gasteiger partial charge in [-0.25, -0.2) is 10.0 Å². The maximum Gasteiger partial charge on any atom is 0.259 e. The van der Waals surface area contributed by atoms with E-state index in [1.54, 1.807) is 6.20 Å². The lowest BCUT2D eigenvalue weighted by Crippen LogP contribution is -2.30. The Bertz CT molecular complexity index is 799. The smallest absolute Gasteiger partial charge is 0.259 e. The molecule has 1 saturated heterocycles. The van der Waals surface area contributed by atoms with Crippen LogP contribution in [-0.4, -0.2) is 28.3 Å². The van der Waals surface area contributed by atoms with Gasteiger partial charge in [-0.15, -0.1) is 0 Å². The Kier molecular flexibility index (Phi) is 4.56. The van der Waals surface area contributed by atoms with Gasteiger partial charge in [-0.3, -0.25) is 4.84 Å². The summed E-state index contributed by atoms with van der Waals surface area (Å²) in [5, 5.41) is 5.77. The van der Waals surface area contributed by atoms with Gasteiger partial charge in [0, 0.05) is 12.7 Å². The first kappa shape index (κ1) is 15.6. The van der Waals surface area contributed by atoms with Gasteiger partial charge in [0.2, 0.25) is 5.82 Å². The quantitative estimate of drug-likeness (QED) is 0.707. The van der Waals surface area contributed by atoms with Crippen LogP contribution in [0.4, 0.5) is 5.82 Å². The topological polar surface area (TPSA) is 73.5 Å². The van der Waals surface area contributed by atoms with E-state index in [-0.39, 0.29) is 6.61 Å². The van der Waals surface area contributed by atoms with Gasteiger partial charge >= 0.3 is 0 Å². The molecule has 0 spiro atoms. The molecule has 0 N–H and O–H groups in total. The number of hydroxylamine groups is 1. The van der Waals surface area contributed by atoms with Gasteiger partial charge < -0.3 is 9.26 Å². The largest absolute Gasteiger partial charge is 0.485 e. The minimum Gasteiger partial charge on any atom is -0.485 e. The van der Waals surface area contributed by atoms with Crippen LogP contribution in [0.2, 0.25) is 0 Å². The van der Waals surface area contributed by atoms with Crippen molar-refractivity contribution in [1.29, 1.82) is 0 Å². The first-order valence-electron chi connectivity index (χ1n) is 8.26. The summed E-state index contributed by atoms with van der Waals surface area (Å²) in [4.78, 5) is 14.4. The first-order valence-corrected chi connectivity index (χ1v) is 8.26. The Hall–Kier alpha value is -2.93. The molecule has 1 aliphatic heterocycles. The second kappa shape index (κ2) is 7.31. The summed E-state index contributed by atoms with van der Waals surface area (Å²) in [7, 11) is 0. The number of para-hydroxylation sites is 1. The highest BCUT2D eigenvalue weighted by Crippen LogP contribution is 2.21. The van der Waals surface area contributed by atoms with Crippen molar-refractivity contribution < 1.29 is 14.1 Å². The lowest BCUT2D eigenvalue weighted by atomic mass is 10.2. The minimum absolute atomic E-state index is 0.251. The summed E-state index contributed by atoms with van der Waals surface area (Å²) in [6.45, 7) is 1.84. The predicted octanol–water partition coefficient (Wildman–Crippen LogP) is 3.24.